The highest BCUT2D eigenvalue weighted by Gasteiger charge is 2.60. The molecule has 0 aromatic carbocycles. The monoisotopic (exact) mass is 441 g/mol. The van der Waals surface area contributed by atoms with Crippen molar-refractivity contribution in [1.82, 2.24) is 0 Å². The third-order valence-corrected chi connectivity index (χ3v) is 8.54. The lowest BCUT2D eigenvalue weighted by atomic mass is 9.48. The number of quaternary nitrogens is 1. The van der Waals surface area contributed by atoms with Crippen molar-refractivity contribution in [2.45, 2.75) is 64.8 Å². The van der Waals surface area contributed by atoms with E-state index in [9.17, 15) is 0 Å². The average Bonchev–Trinajstić information content (AvgIpc) is 2.84. The highest BCUT2D eigenvalue weighted by Crippen LogP contribution is 2.65. The van der Waals surface area contributed by atoms with Gasteiger partial charge in [0.1, 0.15) is 0 Å². The molecule has 1 nitrogen and oxygen atoms in total. The molecule has 0 spiro atoms. The van der Waals surface area contributed by atoms with Gasteiger partial charge < -0.3 is 28.5 Å². The van der Waals surface area contributed by atoms with E-state index in [4.69, 9.17) is 0 Å². The molecule has 4 aliphatic carbocycles. The smallest absolute Gasteiger partial charge is 0.0941 e. The molecule has 0 heterocycles. The summed E-state index contributed by atoms with van der Waals surface area (Å²) in [4.78, 5) is 0. The Kier molecular flexibility index (Phi) is 4.82. The molecule has 2 fully saturated rings. The van der Waals surface area contributed by atoms with Crippen molar-refractivity contribution < 1.29 is 28.5 Å². The normalized spacial score (nSPS) is 47.1. The SMILES string of the molecule is C[C@]12CC[C@H]3[C@@H](CC=C4C=CCC[C@@]43C)[C@@H]1CC[C@@H]2[N+](C)(C)C.[I-]. The number of hydrogen-bond donors (Lipinski definition) is 0. The zero-order valence-electron chi connectivity index (χ0n) is 16.3. The van der Waals surface area contributed by atoms with Crippen LogP contribution in [-0.2, 0) is 0 Å². The molecule has 0 aromatic rings. The Hall–Kier alpha value is 0.170. The summed E-state index contributed by atoms with van der Waals surface area (Å²) in [6.45, 7) is 5.24. The minimum Gasteiger partial charge on any atom is -1.00 e. The van der Waals surface area contributed by atoms with Gasteiger partial charge in [-0.3, -0.25) is 0 Å². The largest absolute Gasteiger partial charge is 1.00 e. The topological polar surface area (TPSA) is 0 Å². The molecular formula is C22H36IN. The van der Waals surface area contributed by atoms with E-state index >= 15 is 0 Å². The molecule has 0 bridgehead atoms. The van der Waals surface area contributed by atoms with Crippen LogP contribution in [0.15, 0.2) is 23.8 Å². The predicted molar refractivity (Wildman–Crippen MR) is 98.0 cm³/mol. The third kappa shape index (κ3) is 2.57. The minimum absolute atomic E-state index is 0. The summed E-state index contributed by atoms with van der Waals surface area (Å²) in [5.74, 6) is 2.85. The van der Waals surface area contributed by atoms with Gasteiger partial charge in [-0.1, -0.05) is 32.1 Å². The quantitative estimate of drug-likeness (QED) is 0.433. The second-order valence-electron chi connectivity index (χ2n) is 10.4. The molecule has 0 N–H and O–H groups in total. The Bertz CT molecular complexity index is 557. The van der Waals surface area contributed by atoms with Crippen molar-refractivity contribution in [1.29, 1.82) is 0 Å². The summed E-state index contributed by atoms with van der Waals surface area (Å²) in [6, 6.07) is 0.859. The number of fused-ring (bicyclic) bond motifs is 5. The molecule has 2 heteroatoms. The standard InChI is InChI=1S/C22H36N.HI/c1-21-14-7-6-8-16(21)9-10-17-18-11-12-20(23(3,4)5)22(18,2)15-13-19(17)21;/h6,8-9,17-20H,7,10-15H2,1-5H3;1H/q+1;/p-1/t17-,18-,19-,20-,21-,22-;/m0./s1. The van der Waals surface area contributed by atoms with Gasteiger partial charge in [-0.2, -0.15) is 0 Å². The van der Waals surface area contributed by atoms with Gasteiger partial charge in [0, 0.05) is 11.8 Å². The highest BCUT2D eigenvalue weighted by atomic mass is 127. The number of hydrogen-bond acceptors (Lipinski definition) is 0. The van der Waals surface area contributed by atoms with E-state index in [1.54, 1.807) is 5.57 Å². The van der Waals surface area contributed by atoms with Gasteiger partial charge in [0.25, 0.3) is 0 Å². The van der Waals surface area contributed by atoms with Crippen LogP contribution in [0.25, 0.3) is 0 Å². The highest BCUT2D eigenvalue weighted by molar-refractivity contribution is 5.34. The van der Waals surface area contributed by atoms with Crippen LogP contribution in [0.2, 0.25) is 0 Å². The lowest BCUT2D eigenvalue weighted by Gasteiger charge is -2.57. The molecule has 136 valence electrons. The fourth-order valence-electron chi connectivity index (χ4n) is 7.54. The van der Waals surface area contributed by atoms with Crippen LogP contribution in [0.5, 0.6) is 0 Å². The molecule has 0 aliphatic heterocycles. The van der Waals surface area contributed by atoms with E-state index in [-0.39, 0.29) is 24.0 Å². The molecule has 0 unspecified atom stereocenters. The maximum absolute atomic E-state index is 2.65. The molecule has 0 saturated heterocycles. The van der Waals surface area contributed by atoms with E-state index in [1.807, 2.05) is 0 Å². The predicted octanol–water partition coefficient (Wildman–Crippen LogP) is 2.19. The molecule has 2 saturated carbocycles. The zero-order chi connectivity index (χ0) is 16.5. The number of halogens is 1. The number of rotatable bonds is 1. The first kappa shape index (κ1) is 18.9. The van der Waals surface area contributed by atoms with Crippen molar-refractivity contribution in [2.75, 3.05) is 21.1 Å². The van der Waals surface area contributed by atoms with Gasteiger partial charge >= 0.3 is 0 Å². The molecule has 4 rings (SSSR count). The van der Waals surface area contributed by atoms with Crippen molar-refractivity contribution in [3.8, 4) is 0 Å². The van der Waals surface area contributed by atoms with Crippen molar-refractivity contribution in [2.24, 2.45) is 28.6 Å². The third-order valence-electron chi connectivity index (χ3n) is 8.54. The summed E-state index contributed by atoms with van der Waals surface area (Å²) in [6.07, 6.45) is 17.4. The summed E-state index contributed by atoms with van der Waals surface area (Å²) >= 11 is 0. The molecule has 24 heavy (non-hydrogen) atoms. The van der Waals surface area contributed by atoms with E-state index in [0.717, 1.165) is 28.3 Å². The van der Waals surface area contributed by atoms with Crippen molar-refractivity contribution in [3.05, 3.63) is 23.8 Å². The van der Waals surface area contributed by atoms with Crippen LogP contribution >= 0.6 is 0 Å². The Morgan fingerprint density at radius 3 is 2.46 bits per heavy atom. The van der Waals surface area contributed by atoms with Gasteiger partial charge in [-0.25, -0.2) is 0 Å². The zero-order valence-corrected chi connectivity index (χ0v) is 18.5. The maximum atomic E-state index is 2.65. The van der Waals surface area contributed by atoms with Crippen LogP contribution in [0, 0.1) is 28.6 Å². The van der Waals surface area contributed by atoms with Gasteiger partial charge in [0.05, 0.1) is 27.2 Å². The first-order valence-corrected chi connectivity index (χ1v) is 9.95. The van der Waals surface area contributed by atoms with Crippen LogP contribution < -0.4 is 24.0 Å². The van der Waals surface area contributed by atoms with Crippen LogP contribution in [-0.4, -0.2) is 31.7 Å². The summed E-state index contributed by atoms with van der Waals surface area (Å²) in [7, 11) is 7.28. The van der Waals surface area contributed by atoms with E-state index in [0.29, 0.717) is 10.8 Å². The number of nitrogens with zero attached hydrogens (tertiary/aromatic N) is 1. The molecule has 0 radical (unpaired) electrons. The molecular weight excluding hydrogens is 405 g/mol. The molecule has 0 aromatic heterocycles. The van der Waals surface area contributed by atoms with Crippen molar-refractivity contribution >= 4 is 0 Å². The van der Waals surface area contributed by atoms with Crippen LogP contribution in [0.3, 0.4) is 0 Å². The minimum atomic E-state index is 0. The fraction of sp³-hybridized carbons (Fsp3) is 0.818. The van der Waals surface area contributed by atoms with Crippen molar-refractivity contribution in [3.63, 3.8) is 0 Å². The Balaban J connectivity index is 0.00000169. The van der Waals surface area contributed by atoms with E-state index in [2.05, 4.69) is 53.2 Å². The Morgan fingerprint density at radius 1 is 1.00 bits per heavy atom. The first-order chi connectivity index (χ1) is 10.8. The van der Waals surface area contributed by atoms with Crippen LogP contribution in [0.4, 0.5) is 0 Å². The lowest BCUT2D eigenvalue weighted by molar-refractivity contribution is -0.903. The second kappa shape index (κ2) is 6.11. The molecule has 4 aliphatic rings. The van der Waals surface area contributed by atoms with Gasteiger partial charge in [-0.15, -0.1) is 0 Å². The summed E-state index contributed by atoms with van der Waals surface area (Å²) in [5.41, 5.74) is 2.73. The van der Waals surface area contributed by atoms with E-state index < -0.39 is 0 Å². The van der Waals surface area contributed by atoms with Crippen LogP contribution in [0.1, 0.15) is 58.8 Å². The number of allylic oxidation sites excluding steroid dienone is 4. The average molecular weight is 441 g/mol. The molecule has 6 atom stereocenters. The summed E-state index contributed by atoms with van der Waals surface area (Å²) < 4.78 is 1.16. The van der Waals surface area contributed by atoms with Gasteiger partial charge in [0.15, 0.2) is 0 Å². The van der Waals surface area contributed by atoms with E-state index in [1.165, 1.54) is 44.9 Å². The Labute approximate surface area is 166 Å². The summed E-state index contributed by atoms with van der Waals surface area (Å²) in [5, 5.41) is 0. The van der Waals surface area contributed by atoms with Gasteiger partial charge in [0.2, 0.25) is 0 Å². The maximum Gasteiger partial charge on any atom is 0.0941 e. The fourth-order valence-corrected chi connectivity index (χ4v) is 7.54. The lowest BCUT2D eigenvalue weighted by Crippen LogP contribution is -3.00. The second-order valence-corrected chi connectivity index (χ2v) is 10.4. The molecule has 0 amide bonds. The first-order valence-electron chi connectivity index (χ1n) is 9.95. The Morgan fingerprint density at radius 2 is 1.75 bits per heavy atom. The van der Waals surface area contributed by atoms with Gasteiger partial charge in [-0.05, 0) is 67.3 Å².